The van der Waals surface area contributed by atoms with Crippen molar-refractivity contribution in [1.82, 2.24) is 20.0 Å². The van der Waals surface area contributed by atoms with E-state index >= 15 is 0 Å². The van der Waals surface area contributed by atoms with Crippen LogP contribution in [0.4, 0.5) is 0 Å². The molecule has 0 spiro atoms. The number of hydrogen-bond donors (Lipinski definition) is 1. The Morgan fingerprint density at radius 1 is 1.53 bits per heavy atom. The van der Waals surface area contributed by atoms with Crippen LogP contribution < -0.4 is 5.32 Å². The van der Waals surface area contributed by atoms with Crippen molar-refractivity contribution in [2.24, 2.45) is 0 Å². The molecule has 0 aromatic carbocycles. The van der Waals surface area contributed by atoms with E-state index in [1.807, 2.05) is 39.7 Å². The Bertz CT molecular complexity index is 381. The Morgan fingerprint density at radius 3 is 2.74 bits per heavy atom. The number of nitrogens with zero attached hydrogens (tertiary/aromatic N) is 3. The molecule has 1 heterocycles. The van der Waals surface area contributed by atoms with Crippen molar-refractivity contribution < 1.29 is 4.74 Å². The van der Waals surface area contributed by atoms with Crippen molar-refractivity contribution in [3.63, 3.8) is 0 Å². The van der Waals surface area contributed by atoms with Gasteiger partial charge in [0.05, 0.1) is 35.6 Å². The van der Waals surface area contributed by atoms with E-state index < -0.39 is 0 Å². The number of rotatable bonds is 8. The number of aromatic nitrogens is 2. The maximum atomic E-state index is 6.29. The zero-order chi connectivity index (χ0) is 14.4. The Morgan fingerprint density at radius 2 is 2.21 bits per heavy atom. The summed E-state index contributed by atoms with van der Waals surface area (Å²) in [7, 11) is 6.01. The van der Waals surface area contributed by atoms with Crippen LogP contribution in [-0.2, 0) is 11.3 Å². The monoisotopic (exact) mass is 288 g/mol. The number of hydrogen-bond acceptors (Lipinski definition) is 4. The highest BCUT2D eigenvalue weighted by molar-refractivity contribution is 6.31. The van der Waals surface area contributed by atoms with Crippen LogP contribution >= 0.6 is 11.6 Å². The van der Waals surface area contributed by atoms with Gasteiger partial charge in [-0.15, -0.1) is 0 Å². The quantitative estimate of drug-likeness (QED) is 0.792. The van der Waals surface area contributed by atoms with Crippen LogP contribution in [0.5, 0.6) is 0 Å². The minimum Gasteiger partial charge on any atom is -0.377 e. The number of likely N-dealkylation sites (N-methyl/N-ethyl adjacent to an activating group) is 2. The molecule has 6 heteroatoms. The first kappa shape index (κ1) is 16.4. The van der Waals surface area contributed by atoms with Crippen LogP contribution in [-0.4, -0.2) is 55.1 Å². The van der Waals surface area contributed by atoms with Gasteiger partial charge < -0.3 is 15.0 Å². The van der Waals surface area contributed by atoms with Crippen molar-refractivity contribution in [2.45, 2.75) is 32.5 Å². The fraction of sp³-hybridized carbons (Fsp3) is 0.769. The highest BCUT2D eigenvalue weighted by Crippen LogP contribution is 2.26. The molecule has 0 saturated heterocycles. The molecular weight excluding hydrogens is 264 g/mol. The third-order valence-electron chi connectivity index (χ3n) is 3.10. The van der Waals surface area contributed by atoms with E-state index in [2.05, 4.69) is 15.3 Å². The summed E-state index contributed by atoms with van der Waals surface area (Å²) >= 11 is 6.29. The molecule has 5 nitrogen and oxygen atoms in total. The van der Waals surface area contributed by atoms with Crippen LogP contribution in [0.3, 0.4) is 0 Å². The van der Waals surface area contributed by atoms with E-state index in [0.29, 0.717) is 11.6 Å². The van der Waals surface area contributed by atoms with E-state index in [9.17, 15) is 0 Å². The molecule has 0 saturated carbocycles. The molecule has 1 aromatic rings. The second kappa shape index (κ2) is 7.85. The van der Waals surface area contributed by atoms with E-state index in [1.54, 1.807) is 6.20 Å². The molecule has 0 aliphatic carbocycles. The van der Waals surface area contributed by atoms with Gasteiger partial charge in [0.2, 0.25) is 0 Å². The molecule has 110 valence electrons. The second-order valence-electron chi connectivity index (χ2n) is 4.83. The highest BCUT2D eigenvalue weighted by atomic mass is 35.5. The zero-order valence-corrected chi connectivity index (χ0v) is 13.2. The first-order valence-corrected chi connectivity index (χ1v) is 7.03. The van der Waals surface area contributed by atoms with Crippen molar-refractivity contribution in [3.05, 3.63) is 16.9 Å². The van der Waals surface area contributed by atoms with E-state index in [4.69, 9.17) is 16.3 Å². The molecule has 2 atom stereocenters. The summed E-state index contributed by atoms with van der Waals surface area (Å²) in [5.41, 5.74) is 0.993. The minimum atomic E-state index is 0.0390. The van der Waals surface area contributed by atoms with Crippen LogP contribution in [0, 0.1) is 0 Å². The first-order valence-electron chi connectivity index (χ1n) is 6.66. The van der Waals surface area contributed by atoms with Gasteiger partial charge in [-0.05, 0) is 35.0 Å². The predicted molar refractivity (Wildman–Crippen MR) is 78.7 cm³/mol. The summed E-state index contributed by atoms with van der Waals surface area (Å²) in [6, 6.07) is 0.0390. The lowest BCUT2D eigenvalue weighted by atomic mass is 10.1. The largest absolute Gasteiger partial charge is 0.377 e. The third kappa shape index (κ3) is 4.45. The summed E-state index contributed by atoms with van der Waals surface area (Å²) in [5, 5.41) is 8.32. The topological polar surface area (TPSA) is 42.3 Å². The lowest BCUT2D eigenvalue weighted by Gasteiger charge is -2.25. The Balaban J connectivity index is 2.92. The molecule has 2 unspecified atom stereocenters. The Hall–Kier alpha value is -0.620. The van der Waals surface area contributed by atoms with Crippen LogP contribution in [0.2, 0.25) is 5.02 Å². The summed E-state index contributed by atoms with van der Waals surface area (Å²) in [6.45, 7) is 6.46. The van der Waals surface area contributed by atoms with Crippen molar-refractivity contribution in [1.29, 1.82) is 0 Å². The fourth-order valence-electron chi connectivity index (χ4n) is 2.11. The van der Waals surface area contributed by atoms with E-state index in [1.165, 1.54) is 0 Å². The average molecular weight is 289 g/mol. The molecule has 1 rings (SSSR count). The van der Waals surface area contributed by atoms with Gasteiger partial charge in [-0.25, -0.2) is 0 Å². The Kier molecular flexibility index (Phi) is 6.79. The van der Waals surface area contributed by atoms with Gasteiger partial charge in [-0.1, -0.05) is 11.6 Å². The molecule has 0 aliphatic heterocycles. The molecule has 0 radical (unpaired) electrons. The van der Waals surface area contributed by atoms with Gasteiger partial charge >= 0.3 is 0 Å². The predicted octanol–water partition coefficient (Wildman–Crippen LogP) is 1.78. The smallest absolute Gasteiger partial charge is 0.0835 e. The van der Waals surface area contributed by atoms with Crippen LogP contribution in [0.25, 0.3) is 0 Å². The van der Waals surface area contributed by atoms with Gasteiger partial charge in [0.25, 0.3) is 0 Å². The van der Waals surface area contributed by atoms with Gasteiger partial charge in [-0.3, -0.25) is 4.68 Å². The van der Waals surface area contributed by atoms with Crippen molar-refractivity contribution >= 4 is 11.6 Å². The molecular formula is C13H25ClN4O. The van der Waals surface area contributed by atoms with Crippen LogP contribution in [0.1, 0.15) is 25.6 Å². The standard InChI is InChI=1S/C13H25ClN4O/c1-6-19-10(2)12(15-3)13-11(14)9-16-18(13)8-7-17(4)5/h9-10,12,15H,6-8H2,1-5H3. The summed E-state index contributed by atoms with van der Waals surface area (Å²) in [6.07, 6.45) is 1.75. The maximum Gasteiger partial charge on any atom is 0.0835 e. The van der Waals surface area contributed by atoms with Crippen LogP contribution in [0.15, 0.2) is 6.20 Å². The van der Waals surface area contributed by atoms with Gasteiger partial charge in [-0.2, -0.15) is 5.10 Å². The van der Waals surface area contributed by atoms with Gasteiger partial charge in [0.1, 0.15) is 0 Å². The lowest BCUT2D eigenvalue weighted by molar-refractivity contribution is 0.0469. The zero-order valence-electron chi connectivity index (χ0n) is 12.5. The normalized spacial score (nSPS) is 14.9. The lowest BCUT2D eigenvalue weighted by Crippen LogP contribution is -2.32. The van der Waals surface area contributed by atoms with Crippen molar-refractivity contribution in [2.75, 3.05) is 34.3 Å². The molecule has 0 amide bonds. The van der Waals surface area contributed by atoms with Crippen molar-refractivity contribution in [3.8, 4) is 0 Å². The summed E-state index contributed by atoms with van der Waals surface area (Å²) in [4.78, 5) is 2.12. The SMILES string of the molecule is CCOC(C)C(NC)c1c(Cl)cnn1CCN(C)C. The van der Waals surface area contributed by atoms with E-state index in [0.717, 1.165) is 18.8 Å². The number of ether oxygens (including phenoxy) is 1. The minimum absolute atomic E-state index is 0.0390. The fourth-order valence-corrected chi connectivity index (χ4v) is 2.37. The molecule has 19 heavy (non-hydrogen) atoms. The first-order chi connectivity index (χ1) is 9.01. The highest BCUT2D eigenvalue weighted by Gasteiger charge is 2.24. The second-order valence-corrected chi connectivity index (χ2v) is 5.24. The molecule has 1 aromatic heterocycles. The maximum absolute atomic E-state index is 6.29. The molecule has 0 bridgehead atoms. The molecule has 0 aliphatic rings. The Labute approximate surface area is 120 Å². The van der Waals surface area contributed by atoms with Gasteiger partial charge in [0, 0.05) is 13.2 Å². The summed E-state index contributed by atoms with van der Waals surface area (Å²) < 4.78 is 7.64. The third-order valence-corrected chi connectivity index (χ3v) is 3.39. The van der Waals surface area contributed by atoms with E-state index in [-0.39, 0.29) is 12.1 Å². The number of halogens is 1. The summed E-state index contributed by atoms with van der Waals surface area (Å²) in [5.74, 6) is 0. The number of nitrogens with one attached hydrogen (secondary N) is 1. The average Bonchev–Trinajstić information content (AvgIpc) is 2.70. The molecule has 0 fully saturated rings. The van der Waals surface area contributed by atoms with Gasteiger partial charge in [0.15, 0.2) is 0 Å². The molecule has 1 N–H and O–H groups in total.